The number of hydrogen-bond donors (Lipinski definition) is 1. The highest BCUT2D eigenvalue weighted by Crippen LogP contribution is 2.23. The second kappa shape index (κ2) is 11.2. The first kappa shape index (κ1) is 22.4. The molecule has 2 aromatic rings. The number of likely N-dealkylation sites (N-methyl/N-ethyl adjacent to an activating group) is 2. The van der Waals surface area contributed by atoms with Crippen molar-refractivity contribution in [2.24, 2.45) is 0 Å². The first-order chi connectivity index (χ1) is 14.0. The van der Waals surface area contributed by atoms with Crippen molar-refractivity contribution in [1.82, 2.24) is 9.80 Å². The van der Waals surface area contributed by atoms with Gasteiger partial charge in [-0.05, 0) is 50.2 Å². The first-order valence-corrected chi connectivity index (χ1v) is 10.1. The summed E-state index contributed by atoms with van der Waals surface area (Å²) < 4.78 is 5.14. The van der Waals surface area contributed by atoms with Crippen LogP contribution in [0.25, 0.3) is 0 Å². The van der Waals surface area contributed by atoms with Crippen LogP contribution in [0.15, 0.2) is 54.6 Å². The van der Waals surface area contributed by atoms with Gasteiger partial charge in [-0.1, -0.05) is 37.3 Å². The second-order valence-corrected chi connectivity index (χ2v) is 6.66. The molecule has 1 atom stereocenters. The standard InChI is InChI=1S/C23H31N3O3/c1-5-25(6-2)23(28)22(18-11-9-8-10-12-18)26(7-3)17-21(27)24-19-13-15-20(29-4)16-14-19/h8-16,22H,5-7,17H2,1-4H3,(H,24,27)/t22-/m0/s1. The predicted molar refractivity (Wildman–Crippen MR) is 116 cm³/mol. The molecule has 0 aliphatic heterocycles. The summed E-state index contributed by atoms with van der Waals surface area (Å²) in [5, 5.41) is 2.90. The highest BCUT2D eigenvalue weighted by molar-refractivity contribution is 5.93. The van der Waals surface area contributed by atoms with Gasteiger partial charge in [0.25, 0.3) is 0 Å². The van der Waals surface area contributed by atoms with Crippen LogP contribution in [0, 0.1) is 0 Å². The number of nitrogens with zero attached hydrogens (tertiary/aromatic N) is 2. The molecule has 2 amide bonds. The number of ether oxygens (including phenoxy) is 1. The topological polar surface area (TPSA) is 61.9 Å². The molecule has 0 bridgehead atoms. The third kappa shape index (κ3) is 6.06. The van der Waals surface area contributed by atoms with Crippen LogP contribution in [0.3, 0.4) is 0 Å². The van der Waals surface area contributed by atoms with Crippen LogP contribution in [0.2, 0.25) is 0 Å². The van der Waals surface area contributed by atoms with Gasteiger partial charge in [0.1, 0.15) is 11.8 Å². The summed E-state index contributed by atoms with van der Waals surface area (Å²) in [5.41, 5.74) is 1.58. The number of benzene rings is 2. The average molecular weight is 398 g/mol. The average Bonchev–Trinajstić information content (AvgIpc) is 2.75. The van der Waals surface area contributed by atoms with E-state index in [-0.39, 0.29) is 18.4 Å². The fourth-order valence-electron chi connectivity index (χ4n) is 3.30. The Morgan fingerprint density at radius 3 is 2.07 bits per heavy atom. The summed E-state index contributed by atoms with van der Waals surface area (Å²) in [6, 6.07) is 16.3. The van der Waals surface area contributed by atoms with E-state index in [0.717, 1.165) is 11.3 Å². The maximum Gasteiger partial charge on any atom is 0.244 e. The van der Waals surface area contributed by atoms with E-state index in [9.17, 15) is 9.59 Å². The highest BCUT2D eigenvalue weighted by atomic mass is 16.5. The van der Waals surface area contributed by atoms with Crippen LogP contribution in [-0.2, 0) is 9.59 Å². The Balaban J connectivity index is 2.20. The van der Waals surface area contributed by atoms with Gasteiger partial charge in [-0.15, -0.1) is 0 Å². The Kier molecular flexibility index (Phi) is 8.68. The molecule has 0 spiro atoms. The van der Waals surface area contributed by atoms with Crippen LogP contribution in [0.1, 0.15) is 32.4 Å². The van der Waals surface area contributed by atoms with E-state index in [4.69, 9.17) is 4.74 Å². The van der Waals surface area contributed by atoms with E-state index in [2.05, 4.69) is 5.32 Å². The largest absolute Gasteiger partial charge is 0.497 e. The summed E-state index contributed by atoms with van der Waals surface area (Å²) in [6.45, 7) is 7.86. The Morgan fingerprint density at radius 1 is 0.931 bits per heavy atom. The van der Waals surface area contributed by atoms with Gasteiger partial charge in [-0.3, -0.25) is 14.5 Å². The molecule has 2 rings (SSSR count). The zero-order valence-corrected chi connectivity index (χ0v) is 17.7. The van der Waals surface area contributed by atoms with Crippen LogP contribution in [0.5, 0.6) is 5.75 Å². The molecule has 0 saturated heterocycles. The van der Waals surface area contributed by atoms with Gasteiger partial charge in [0, 0.05) is 18.8 Å². The lowest BCUT2D eigenvalue weighted by Crippen LogP contribution is -2.45. The van der Waals surface area contributed by atoms with Crippen molar-refractivity contribution in [3.8, 4) is 5.75 Å². The Bertz CT molecular complexity index is 774. The van der Waals surface area contributed by atoms with Crippen LogP contribution < -0.4 is 10.1 Å². The molecule has 0 aliphatic rings. The number of rotatable bonds is 10. The molecular weight excluding hydrogens is 366 g/mol. The fraction of sp³-hybridized carbons (Fsp3) is 0.391. The molecule has 6 nitrogen and oxygen atoms in total. The number of hydrogen-bond acceptors (Lipinski definition) is 4. The van der Waals surface area contributed by atoms with Gasteiger partial charge in [0.15, 0.2) is 0 Å². The maximum absolute atomic E-state index is 13.3. The van der Waals surface area contributed by atoms with E-state index in [1.54, 1.807) is 31.4 Å². The smallest absolute Gasteiger partial charge is 0.244 e. The minimum atomic E-state index is -0.497. The van der Waals surface area contributed by atoms with Gasteiger partial charge in [0.2, 0.25) is 11.8 Å². The molecule has 0 aliphatic carbocycles. The second-order valence-electron chi connectivity index (χ2n) is 6.66. The van der Waals surface area contributed by atoms with Crippen molar-refractivity contribution in [3.05, 3.63) is 60.2 Å². The van der Waals surface area contributed by atoms with Crippen LogP contribution in [0.4, 0.5) is 5.69 Å². The van der Waals surface area contributed by atoms with Crippen molar-refractivity contribution in [2.45, 2.75) is 26.8 Å². The molecule has 6 heteroatoms. The van der Waals surface area contributed by atoms with Crippen molar-refractivity contribution < 1.29 is 14.3 Å². The summed E-state index contributed by atoms with van der Waals surface area (Å²) in [5.74, 6) is 0.581. The minimum Gasteiger partial charge on any atom is -0.497 e. The molecule has 2 aromatic carbocycles. The van der Waals surface area contributed by atoms with Gasteiger partial charge < -0.3 is 15.0 Å². The number of nitrogens with one attached hydrogen (secondary N) is 1. The number of carbonyl (C=O) groups is 2. The van der Waals surface area contributed by atoms with Gasteiger partial charge in [-0.25, -0.2) is 0 Å². The van der Waals surface area contributed by atoms with Gasteiger partial charge in [0.05, 0.1) is 13.7 Å². The van der Waals surface area contributed by atoms with Crippen molar-refractivity contribution in [2.75, 3.05) is 38.6 Å². The third-order valence-corrected chi connectivity index (χ3v) is 4.92. The monoisotopic (exact) mass is 397 g/mol. The molecule has 0 fully saturated rings. The Labute approximate surface area is 173 Å². The van der Waals surface area contributed by atoms with E-state index >= 15 is 0 Å². The summed E-state index contributed by atoms with van der Waals surface area (Å²) >= 11 is 0. The summed E-state index contributed by atoms with van der Waals surface area (Å²) in [4.78, 5) is 29.7. The molecule has 156 valence electrons. The number of methoxy groups -OCH3 is 1. The Hall–Kier alpha value is -2.86. The quantitative estimate of drug-likeness (QED) is 0.666. The van der Waals surface area contributed by atoms with Crippen molar-refractivity contribution in [1.29, 1.82) is 0 Å². The zero-order valence-electron chi connectivity index (χ0n) is 17.7. The van der Waals surface area contributed by atoms with Crippen molar-refractivity contribution >= 4 is 17.5 Å². The maximum atomic E-state index is 13.3. The predicted octanol–water partition coefficient (Wildman–Crippen LogP) is 3.57. The van der Waals surface area contributed by atoms with E-state index in [1.807, 2.05) is 60.9 Å². The van der Waals surface area contributed by atoms with Crippen molar-refractivity contribution in [3.63, 3.8) is 0 Å². The highest BCUT2D eigenvalue weighted by Gasteiger charge is 2.30. The molecule has 0 saturated carbocycles. The van der Waals surface area contributed by atoms with E-state index in [1.165, 1.54) is 0 Å². The molecule has 0 aromatic heterocycles. The summed E-state index contributed by atoms with van der Waals surface area (Å²) in [7, 11) is 1.60. The summed E-state index contributed by atoms with van der Waals surface area (Å²) in [6.07, 6.45) is 0. The van der Waals surface area contributed by atoms with Gasteiger partial charge >= 0.3 is 0 Å². The molecule has 29 heavy (non-hydrogen) atoms. The zero-order chi connectivity index (χ0) is 21.2. The lowest BCUT2D eigenvalue weighted by Gasteiger charge is -2.33. The fourth-order valence-corrected chi connectivity index (χ4v) is 3.30. The number of amides is 2. The SMILES string of the molecule is CCN(CC)C(=O)[C@H](c1ccccc1)N(CC)CC(=O)Nc1ccc(OC)cc1. The number of anilines is 1. The first-order valence-electron chi connectivity index (χ1n) is 10.1. The number of carbonyl (C=O) groups excluding carboxylic acids is 2. The van der Waals surface area contributed by atoms with Gasteiger partial charge in [-0.2, -0.15) is 0 Å². The molecule has 1 N–H and O–H groups in total. The van der Waals surface area contributed by atoms with Crippen LogP contribution in [-0.4, -0.2) is 54.9 Å². The molecule has 0 radical (unpaired) electrons. The molecular formula is C23H31N3O3. The van der Waals surface area contributed by atoms with E-state index in [0.29, 0.717) is 25.3 Å². The normalized spacial score (nSPS) is 11.8. The Morgan fingerprint density at radius 2 is 1.55 bits per heavy atom. The molecule has 0 unspecified atom stereocenters. The van der Waals surface area contributed by atoms with E-state index < -0.39 is 6.04 Å². The lowest BCUT2D eigenvalue weighted by molar-refractivity contribution is -0.137. The molecule has 0 heterocycles. The minimum absolute atomic E-state index is 0.0142. The van der Waals surface area contributed by atoms with Crippen LogP contribution >= 0.6 is 0 Å². The third-order valence-electron chi connectivity index (χ3n) is 4.92. The lowest BCUT2D eigenvalue weighted by atomic mass is 10.0.